The Morgan fingerprint density at radius 3 is 2.80 bits per heavy atom. The summed E-state index contributed by atoms with van der Waals surface area (Å²) in [7, 11) is 1.47. The zero-order valence-corrected chi connectivity index (χ0v) is 16.4. The van der Waals surface area contributed by atoms with Gasteiger partial charge in [0.1, 0.15) is 5.82 Å². The number of amides is 1. The number of benzene rings is 1. The number of halogens is 1. The van der Waals surface area contributed by atoms with Crippen molar-refractivity contribution in [2.24, 2.45) is 5.73 Å². The predicted molar refractivity (Wildman–Crippen MR) is 110 cm³/mol. The number of methoxy groups -OCH3 is 1. The molecule has 0 aliphatic heterocycles. The largest absolute Gasteiger partial charge is 0.477 e. The quantitative estimate of drug-likeness (QED) is 0.510. The van der Waals surface area contributed by atoms with Crippen molar-refractivity contribution in [2.75, 3.05) is 12.4 Å². The van der Waals surface area contributed by atoms with Crippen LogP contribution in [0.25, 0.3) is 17.0 Å². The van der Waals surface area contributed by atoms with Gasteiger partial charge < -0.3 is 20.2 Å². The van der Waals surface area contributed by atoms with Crippen LogP contribution in [0.5, 0.6) is 5.88 Å². The molecule has 3 N–H and O–H groups in total. The first-order valence-electron chi connectivity index (χ1n) is 9.16. The molecule has 4 rings (SSSR count). The van der Waals surface area contributed by atoms with Crippen molar-refractivity contribution in [1.82, 2.24) is 19.6 Å². The van der Waals surface area contributed by atoms with E-state index in [-0.39, 0.29) is 11.7 Å². The number of carbonyl (C=O) groups is 1. The van der Waals surface area contributed by atoms with Gasteiger partial charge in [0, 0.05) is 12.7 Å². The summed E-state index contributed by atoms with van der Waals surface area (Å²) in [5, 5.41) is 11.4. The van der Waals surface area contributed by atoms with Gasteiger partial charge in [0.25, 0.3) is 11.8 Å². The third kappa shape index (κ3) is 3.52. The molecular weight excluding hydrogens is 387 g/mol. The Labute approximate surface area is 171 Å². The monoisotopic (exact) mass is 406 g/mol. The summed E-state index contributed by atoms with van der Waals surface area (Å²) in [5.41, 5.74) is 8.83. The molecule has 0 bridgehead atoms. The van der Waals surface area contributed by atoms with E-state index >= 15 is 0 Å². The number of nitrogens with zero attached hydrogens (tertiary/aromatic N) is 4. The maximum atomic E-state index is 13.4. The number of aryl methyl sites for hydroxylation is 1. The van der Waals surface area contributed by atoms with Crippen molar-refractivity contribution in [3.05, 3.63) is 71.2 Å². The van der Waals surface area contributed by atoms with Crippen molar-refractivity contribution in [2.45, 2.75) is 13.5 Å². The second-order valence-electron chi connectivity index (χ2n) is 6.69. The molecule has 0 saturated heterocycles. The van der Waals surface area contributed by atoms with Gasteiger partial charge in [-0.05, 0) is 48.4 Å². The molecule has 0 radical (unpaired) electrons. The summed E-state index contributed by atoms with van der Waals surface area (Å²) in [6.07, 6.45) is 1.80. The van der Waals surface area contributed by atoms with Gasteiger partial charge >= 0.3 is 0 Å². The highest BCUT2D eigenvalue weighted by Crippen LogP contribution is 2.28. The Bertz CT molecular complexity index is 1250. The number of ether oxygens (including phenoxy) is 1. The lowest BCUT2D eigenvalue weighted by atomic mass is 10.2. The fourth-order valence-corrected chi connectivity index (χ4v) is 3.32. The van der Waals surface area contributed by atoms with E-state index in [4.69, 9.17) is 10.5 Å². The molecule has 0 aliphatic rings. The number of carbonyl (C=O) groups excluding carboxylic acids is 1. The van der Waals surface area contributed by atoms with Gasteiger partial charge in [-0.25, -0.2) is 9.37 Å². The van der Waals surface area contributed by atoms with Crippen LogP contribution < -0.4 is 15.8 Å². The molecule has 0 atom stereocenters. The summed E-state index contributed by atoms with van der Waals surface area (Å²) in [4.78, 5) is 16.3. The van der Waals surface area contributed by atoms with Crippen molar-refractivity contribution in [1.29, 1.82) is 0 Å². The van der Waals surface area contributed by atoms with Gasteiger partial charge in [-0.1, -0.05) is 12.1 Å². The second-order valence-corrected chi connectivity index (χ2v) is 6.69. The van der Waals surface area contributed by atoms with Gasteiger partial charge in [0.2, 0.25) is 5.82 Å². The summed E-state index contributed by atoms with van der Waals surface area (Å²) >= 11 is 0. The van der Waals surface area contributed by atoms with Crippen molar-refractivity contribution >= 4 is 17.2 Å². The van der Waals surface area contributed by atoms with Gasteiger partial charge in [-0.2, -0.15) is 0 Å². The van der Waals surface area contributed by atoms with Crippen LogP contribution in [0.4, 0.5) is 10.2 Å². The lowest BCUT2D eigenvalue weighted by molar-refractivity contribution is 0.100. The average Bonchev–Trinajstić information content (AvgIpc) is 3.07. The molecule has 0 unspecified atom stereocenters. The van der Waals surface area contributed by atoms with Crippen LogP contribution in [0.2, 0.25) is 0 Å². The Hall–Kier alpha value is -4.01. The summed E-state index contributed by atoms with van der Waals surface area (Å²) in [6.45, 7) is 2.21. The minimum atomic E-state index is -0.518. The molecule has 3 aromatic heterocycles. The molecule has 8 nitrogen and oxygen atoms in total. The highest BCUT2D eigenvalue weighted by Gasteiger charge is 2.18. The van der Waals surface area contributed by atoms with E-state index < -0.39 is 5.91 Å². The Morgan fingerprint density at radius 2 is 2.07 bits per heavy atom. The molecule has 30 heavy (non-hydrogen) atoms. The fraction of sp³-hybridized carbons (Fsp3) is 0.143. The van der Waals surface area contributed by atoms with E-state index in [0.29, 0.717) is 35.0 Å². The molecule has 1 amide bonds. The van der Waals surface area contributed by atoms with Crippen LogP contribution in [-0.4, -0.2) is 32.6 Å². The maximum Gasteiger partial charge on any atom is 0.276 e. The minimum Gasteiger partial charge on any atom is -0.477 e. The fourth-order valence-electron chi connectivity index (χ4n) is 3.32. The molecule has 9 heteroatoms. The Balaban J connectivity index is 1.75. The molecule has 3 heterocycles. The number of hydrogen-bond acceptors (Lipinski definition) is 6. The smallest absolute Gasteiger partial charge is 0.276 e. The first-order valence-corrected chi connectivity index (χ1v) is 9.16. The molecule has 0 aliphatic carbocycles. The summed E-state index contributed by atoms with van der Waals surface area (Å²) in [5.74, 6) is 0.0921. The number of aromatic nitrogens is 4. The van der Waals surface area contributed by atoms with E-state index in [1.807, 2.05) is 13.0 Å². The number of anilines is 1. The van der Waals surface area contributed by atoms with Crippen molar-refractivity contribution < 1.29 is 13.9 Å². The molecule has 0 spiro atoms. The molecule has 152 valence electrons. The normalized spacial score (nSPS) is 10.9. The number of nitrogens with one attached hydrogen (secondary N) is 1. The standard InChI is InChI=1S/C21H19FN6O2/c1-12-9-16-15(18(23)29)7-4-8-28(16)17(12)19-25-20(21(30-2)27-26-19)24-11-13-5-3-6-14(22)10-13/h3-10H,11H2,1-2H3,(H2,23,29)(H,24,25,26). The molecule has 0 fully saturated rings. The summed E-state index contributed by atoms with van der Waals surface area (Å²) < 4.78 is 20.5. The van der Waals surface area contributed by atoms with Crippen molar-refractivity contribution in [3.63, 3.8) is 0 Å². The first-order chi connectivity index (χ1) is 14.5. The predicted octanol–water partition coefficient (Wildman–Crippen LogP) is 2.96. The van der Waals surface area contributed by atoms with Crippen LogP contribution in [0.3, 0.4) is 0 Å². The van der Waals surface area contributed by atoms with Gasteiger partial charge in [0.15, 0.2) is 5.82 Å². The van der Waals surface area contributed by atoms with Gasteiger partial charge in [-0.15, -0.1) is 10.2 Å². The highest BCUT2D eigenvalue weighted by atomic mass is 19.1. The van der Waals surface area contributed by atoms with Crippen LogP contribution in [0.15, 0.2) is 48.7 Å². The molecular formula is C21H19FN6O2. The topological polar surface area (TPSA) is 107 Å². The zero-order chi connectivity index (χ0) is 21.3. The lowest BCUT2D eigenvalue weighted by Gasteiger charge is -2.11. The number of fused-ring (bicyclic) bond motifs is 1. The SMILES string of the molecule is COc1nnc(-c2c(C)cc3c(C(N)=O)cccn23)nc1NCc1cccc(F)c1. The minimum absolute atomic E-state index is 0.214. The van der Waals surface area contributed by atoms with Gasteiger partial charge in [0.05, 0.1) is 23.9 Å². The van der Waals surface area contributed by atoms with Crippen LogP contribution in [0.1, 0.15) is 21.5 Å². The third-order valence-electron chi connectivity index (χ3n) is 4.68. The lowest BCUT2D eigenvalue weighted by Crippen LogP contribution is -2.12. The molecule has 1 aromatic carbocycles. The van der Waals surface area contributed by atoms with Crippen LogP contribution >= 0.6 is 0 Å². The molecule has 0 saturated carbocycles. The number of rotatable bonds is 6. The number of primary amides is 1. The Morgan fingerprint density at radius 1 is 1.23 bits per heavy atom. The van der Waals surface area contributed by atoms with Crippen molar-refractivity contribution in [3.8, 4) is 17.4 Å². The number of hydrogen-bond donors (Lipinski definition) is 2. The van der Waals surface area contributed by atoms with E-state index in [9.17, 15) is 9.18 Å². The van der Waals surface area contributed by atoms with Crippen LogP contribution in [0, 0.1) is 12.7 Å². The number of pyridine rings is 1. The highest BCUT2D eigenvalue weighted by molar-refractivity contribution is 6.00. The first kappa shape index (κ1) is 19.3. The second kappa shape index (κ2) is 7.78. The van der Waals surface area contributed by atoms with Gasteiger partial charge in [-0.3, -0.25) is 4.79 Å². The Kier molecular flexibility index (Phi) is 5.01. The van der Waals surface area contributed by atoms with E-state index in [1.54, 1.807) is 34.9 Å². The maximum absolute atomic E-state index is 13.4. The summed E-state index contributed by atoms with van der Waals surface area (Å²) in [6, 6.07) is 11.5. The zero-order valence-electron chi connectivity index (χ0n) is 16.4. The van der Waals surface area contributed by atoms with E-state index in [0.717, 1.165) is 11.1 Å². The van der Waals surface area contributed by atoms with E-state index in [2.05, 4.69) is 20.5 Å². The molecule has 4 aromatic rings. The van der Waals surface area contributed by atoms with E-state index in [1.165, 1.54) is 19.2 Å². The third-order valence-corrected chi connectivity index (χ3v) is 4.68. The number of nitrogens with two attached hydrogens (primary N) is 1. The average molecular weight is 406 g/mol. The van der Waals surface area contributed by atoms with Crippen LogP contribution in [-0.2, 0) is 6.54 Å².